The lowest BCUT2D eigenvalue weighted by molar-refractivity contribution is -0.125. The highest BCUT2D eigenvalue weighted by atomic mass is 32.2. The molecule has 0 unspecified atom stereocenters. The highest BCUT2D eigenvalue weighted by Gasteiger charge is 2.46. The molecule has 154 valence electrons. The van der Waals surface area contributed by atoms with Crippen LogP contribution < -0.4 is 5.43 Å². The Balaban J connectivity index is 2.29. The number of amides is 1. The Morgan fingerprint density at radius 2 is 1.89 bits per heavy atom. The average Bonchev–Trinajstić information content (AvgIpc) is 3.00. The number of nitrogens with one attached hydrogen (secondary N) is 1. The van der Waals surface area contributed by atoms with Gasteiger partial charge in [-0.05, 0) is 43.7 Å². The first-order valence-corrected chi connectivity index (χ1v) is 9.41. The first-order valence-electron chi connectivity index (χ1n) is 7.97. The Morgan fingerprint density at radius 3 is 2.43 bits per heavy atom. The van der Waals surface area contributed by atoms with Gasteiger partial charge in [0.05, 0.1) is 4.90 Å². The summed E-state index contributed by atoms with van der Waals surface area (Å²) < 4.78 is 91.4. The summed E-state index contributed by atoms with van der Waals surface area (Å²) in [5.74, 6) is -2.04. The van der Waals surface area contributed by atoms with Crippen LogP contribution in [0.4, 0.5) is 22.0 Å². The number of halogens is 5. The molecule has 28 heavy (non-hydrogen) atoms. The quantitative estimate of drug-likeness (QED) is 0.447. The molecule has 0 aromatic heterocycles. The molecule has 1 aliphatic rings. The molecule has 0 bridgehead atoms. The smallest absolute Gasteiger partial charge is 0.271 e. The van der Waals surface area contributed by atoms with Crippen molar-refractivity contribution in [1.29, 1.82) is 0 Å². The van der Waals surface area contributed by atoms with E-state index in [2.05, 4.69) is 5.10 Å². The number of nitrogens with zero attached hydrogens (tertiary/aromatic N) is 2. The highest BCUT2D eigenvalue weighted by molar-refractivity contribution is 7.89. The fourth-order valence-electron chi connectivity index (χ4n) is 2.57. The zero-order chi connectivity index (χ0) is 21.1. The van der Waals surface area contributed by atoms with E-state index >= 15 is 0 Å². The number of hydrazone groups is 1. The van der Waals surface area contributed by atoms with Crippen LogP contribution in [-0.2, 0) is 14.8 Å². The summed E-state index contributed by atoms with van der Waals surface area (Å²) in [6, 6.07) is 1.73. The van der Waals surface area contributed by atoms with Crippen LogP contribution in [0.1, 0.15) is 13.3 Å². The monoisotopic (exact) mass is 425 g/mol. The predicted molar refractivity (Wildman–Crippen MR) is 90.0 cm³/mol. The Morgan fingerprint density at radius 1 is 1.29 bits per heavy atom. The van der Waals surface area contributed by atoms with Gasteiger partial charge >= 0.3 is 6.18 Å². The van der Waals surface area contributed by atoms with Gasteiger partial charge in [0.15, 0.2) is 5.71 Å². The van der Waals surface area contributed by atoms with E-state index in [4.69, 9.17) is 0 Å². The van der Waals surface area contributed by atoms with Crippen LogP contribution in [0, 0.1) is 5.82 Å². The van der Waals surface area contributed by atoms with Crippen molar-refractivity contribution < 1.29 is 35.2 Å². The molecule has 1 heterocycles. The summed E-state index contributed by atoms with van der Waals surface area (Å²) in [7, 11) is -4.38. The average molecular weight is 425 g/mol. The van der Waals surface area contributed by atoms with Crippen molar-refractivity contribution in [3.63, 3.8) is 0 Å². The largest absolute Gasteiger partial charge is 0.435 e. The minimum absolute atomic E-state index is 0.330. The number of sulfonamides is 1. The number of carbonyl (C=O) groups excluding carboxylic acids is 1. The van der Waals surface area contributed by atoms with Gasteiger partial charge in [0.2, 0.25) is 10.0 Å². The maximum atomic E-state index is 14.2. The first-order chi connectivity index (χ1) is 13.0. The normalized spacial score (nSPS) is 22.0. The van der Waals surface area contributed by atoms with E-state index in [-0.39, 0.29) is 17.9 Å². The molecule has 2 atom stereocenters. The molecule has 0 aliphatic carbocycles. The van der Waals surface area contributed by atoms with Crippen molar-refractivity contribution in [2.45, 2.75) is 36.6 Å². The van der Waals surface area contributed by atoms with Crippen molar-refractivity contribution in [2.24, 2.45) is 5.10 Å². The van der Waals surface area contributed by atoms with Crippen LogP contribution in [0.5, 0.6) is 0 Å². The fraction of sp³-hybridized carbons (Fsp3) is 0.375. The van der Waals surface area contributed by atoms with Gasteiger partial charge in [-0.1, -0.05) is 6.08 Å². The Bertz CT molecular complexity index is 882. The second-order valence-corrected chi connectivity index (χ2v) is 7.68. The van der Waals surface area contributed by atoms with Gasteiger partial charge in [-0.3, -0.25) is 4.79 Å². The van der Waals surface area contributed by atoms with Crippen molar-refractivity contribution >= 4 is 21.6 Å². The molecule has 1 aromatic rings. The number of allylic oxidation sites excluding steroid dienone is 2. The fourth-order valence-corrected chi connectivity index (χ4v) is 4.19. The van der Waals surface area contributed by atoms with Crippen LogP contribution >= 0.6 is 0 Å². The zero-order valence-corrected chi connectivity index (χ0v) is 15.3. The van der Waals surface area contributed by atoms with E-state index < -0.39 is 45.8 Å². The molecule has 1 aliphatic heterocycles. The third kappa shape index (κ3) is 4.73. The van der Waals surface area contributed by atoms with Gasteiger partial charge in [0.25, 0.3) is 5.91 Å². The van der Waals surface area contributed by atoms with Gasteiger partial charge in [-0.25, -0.2) is 22.6 Å². The minimum atomic E-state index is -4.87. The Labute approximate surface area is 157 Å². The number of carbonyl (C=O) groups is 1. The lowest BCUT2D eigenvalue weighted by atomic mass is 10.2. The summed E-state index contributed by atoms with van der Waals surface area (Å²) in [6.07, 6.45) is -5.51. The summed E-state index contributed by atoms with van der Waals surface area (Å²) in [4.78, 5) is 11.8. The number of rotatable bonds is 5. The predicted octanol–water partition coefficient (Wildman–Crippen LogP) is 2.54. The lowest BCUT2D eigenvalue weighted by Gasteiger charge is -2.23. The van der Waals surface area contributed by atoms with Crippen LogP contribution in [0.25, 0.3) is 0 Å². The van der Waals surface area contributed by atoms with Crippen LogP contribution in [0.15, 0.2) is 46.4 Å². The van der Waals surface area contributed by atoms with Crippen molar-refractivity contribution in [2.75, 3.05) is 6.54 Å². The topological polar surface area (TPSA) is 78.8 Å². The molecule has 1 N–H and O–H groups in total. The van der Waals surface area contributed by atoms with Crippen molar-refractivity contribution in [3.05, 3.63) is 42.2 Å². The second kappa shape index (κ2) is 8.35. The van der Waals surface area contributed by atoms with Crippen LogP contribution in [0.2, 0.25) is 0 Å². The standard InChI is InChI=1S/C16H16F5N3O3S/c1-2-3-13(16(19,20)21)22-23-15(25)14-12(18)8-9-24(14)28(26,27)11-6-4-10(17)5-7-11/h2-7,12,14H,8-9H2,1H3,(H,23,25)/b3-2-,22-13+/t12-,14+/m1/s1. The molecule has 2 rings (SSSR count). The van der Waals surface area contributed by atoms with E-state index in [1.165, 1.54) is 6.92 Å². The molecular weight excluding hydrogens is 409 g/mol. The SMILES string of the molecule is C/C=C\C(=N/NC(=O)[C@@H]1[C@H](F)CCN1S(=O)(=O)c1ccc(F)cc1)C(F)(F)F. The molecule has 0 radical (unpaired) electrons. The minimum Gasteiger partial charge on any atom is -0.271 e. The number of alkyl halides is 4. The highest BCUT2D eigenvalue weighted by Crippen LogP contribution is 2.28. The summed E-state index contributed by atoms with van der Waals surface area (Å²) in [5, 5.41) is 2.93. The second-order valence-electron chi connectivity index (χ2n) is 5.79. The van der Waals surface area contributed by atoms with Gasteiger partial charge < -0.3 is 0 Å². The third-order valence-electron chi connectivity index (χ3n) is 3.87. The van der Waals surface area contributed by atoms with Crippen molar-refractivity contribution in [3.8, 4) is 0 Å². The Hall–Kier alpha value is -2.34. The van der Waals surface area contributed by atoms with Crippen molar-refractivity contribution in [1.82, 2.24) is 9.73 Å². The van der Waals surface area contributed by atoms with E-state index in [1.807, 2.05) is 0 Å². The third-order valence-corrected chi connectivity index (χ3v) is 5.76. The molecule has 0 spiro atoms. The Kier molecular flexibility index (Phi) is 6.55. The summed E-state index contributed by atoms with van der Waals surface area (Å²) >= 11 is 0. The first kappa shape index (κ1) is 22.0. The van der Waals surface area contributed by atoms with Gasteiger partial charge in [0.1, 0.15) is 18.0 Å². The molecule has 1 fully saturated rings. The lowest BCUT2D eigenvalue weighted by Crippen LogP contribution is -2.48. The zero-order valence-electron chi connectivity index (χ0n) is 14.5. The molecule has 1 aromatic carbocycles. The van der Waals surface area contributed by atoms with Crippen LogP contribution in [0.3, 0.4) is 0 Å². The van der Waals surface area contributed by atoms with Gasteiger partial charge in [-0.2, -0.15) is 22.6 Å². The van der Waals surface area contributed by atoms with E-state index in [9.17, 15) is 35.2 Å². The van der Waals surface area contributed by atoms with Gasteiger partial charge in [0, 0.05) is 6.54 Å². The molecule has 0 saturated carbocycles. The maximum Gasteiger partial charge on any atom is 0.435 e. The van der Waals surface area contributed by atoms with E-state index in [0.29, 0.717) is 10.4 Å². The molecular formula is C16H16F5N3O3S. The number of benzene rings is 1. The van der Waals surface area contributed by atoms with Crippen LogP contribution in [-0.4, -0.2) is 49.3 Å². The molecule has 1 amide bonds. The summed E-state index contributed by atoms with van der Waals surface area (Å²) in [5.41, 5.74) is 0.141. The molecule has 6 nitrogen and oxygen atoms in total. The van der Waals surface area contributed by atoms with E-state index in [0.717, 1.165) is 30.3 Å². The maximum absolute atomic E-state index is 14.2. The summed E-state index contributed by atoms with van der Waals surface area (Å²) in [6.45, 7) is 0.929. The van der Waals surface area contributed by atoms with E-state index in [1.54, 1.807) is 5.43 Å². The molecule has 1 saturated heterocycles. The number of hydrogen-bond donors (Lipinski definition) is 1. The number of hydrogen-bond acceptors (Lipinski definition) is 4. The van der Waals surface area contributed by atoms with Gasteiger partial charge in [-0.15, -0.1) is 0 Å². The molecule has 12 heteroatoms.